The van der Waals surface area contributed by atoms with Gasteiger partial charge >= 0.3 is 5.97 Å². The summed E-state index contributed by atoms with van der Waals surface area (Å²) in [5.41, 5.74) is 6.46. The molecule has 3 atom stereocenters. The third-order valence-electron chi connectivity index (χ3n) is 9.11. The number of hydrogen-bond donors (Lipinski definition) is 5. The van der Waals surface area contributed by atoms with Crippen molar-refractivity contribution in [1.82, 2.24) is 30.0 Å². The van der Waals surface area contributed by atoms with Crippen LogP contribution in [0.25, 0.3) is 11.3 Å². The number of carboxylic acid groups (broad SMARTS) is 1. The van der Waals surface area contributed by atoms with Crippen LogP contribution in [0.3, 0.4) is 0 Å². The molecule has 3 unspecified atom stereocenters. The number of carbonyl (C=O) groups excluding carboxylic acids is 5. The summed E-state index contributed by atoms with van der Waals surface area (Å²) >= 11 is 0. The number of aliphatic carboxylic acids is 1. The van der Waals surface area contributed by atoms with Crippen LogP contribution in [0.2, 0.25) is 0 Å². The highest BCUT2D eigenvalue weighted by Crippen LogP contribution is 2.39. The number of carbonyl (C=O) groups is 6. The van der Waals surface area contributed by atoms with Crippen LogP contribution in [0.1, 0.15) is 63.9 Å². The second-order valence-corrected chi connectivity index (χ2v) is 14.5. The quantitative estimate of drug-likeness (QED) is 0.0884. The Balaban J connectivity index is 1.42. The molecule has 6 N–H and O–H groups in total. The number of aliphatic hydroxyl groups excluding tert-OH is 1. The number of aromatic nitrogens is 2. The average Bonchev–Trinajstić information content (AvgIpc) is 3.70. The van der Waals surface area contributed by atoms with Crippen molar-refractivity contribution in [2.75, 3.05) is 26.2 Å². The Labute approximate surface area is 322 Å². The van der Waals surface area contributed by atoms with Crippen molar-refractivity contribution in [2.24, 2.45) is 11.1 Å². The fraction of sp³-hybridized carbons (Fsp3) is 0.410. The van der Waals surface area contributed by atoms with E-state index < -0.39 is 83.8 Å². The highest BCUT2D eigenvalue weighted by molar-refractivity contribution is 6.14. The third-order valence-corrected chi connectivity index (χ3v) is 9.11. The first kappa shape index (κ1) is 42.9. The number of rotatable bonds is 19. The first-order chi connectivity index (χ1) is 26.5. The van der Waals surface area contributed by atoms with E-state index in [1.807, 2.05) is 51.1 Å². The van der Waals surface area contributed by atoms with Crippen LogP contribution < -0.4 is 16.4 Å². The molecule has 5 amide bonds. The van der Waals surface area contributed by atoms with E-state index in [1.54, 1.807) is 10.8 Å². The number of aliphatic hydroxyl groups is 1. The molecule has 1 aliphatic rings. The highest BCUT2D eigenvalue weighted by Gasteiger charge is 2.39. The first-order valence-corrected chi connectivity index (χ1v) is 18.1. The molecule has 3 aromatic rings. The fourth-order valence-electron chi connectivity index (χ4n) is 6.31. The summed E-state index contributed by atoms with van der Waals surface area (Å²) in [6.45, 7) is 4.42. The maximum absolute atomic E-state index is 15.0. The largest absolute Gasteiger partial charge is 0.480 e. The summed E-state index contributed by atoms with van der Waals surface area (Å²) in [5.74, 6) is -5.68. The lowest BCUT2D eigenvalue weighted by Crippen LogP contribution is -2.48. The van der Waals surface area contributed by atoms with Crippen LogP contribution in [0.4, 0.5) is 8.78 Å². The Morgan fingerprint density at radius 3 is 2.29 bits per heavy atom. The molecule has 1 aliphatic heterocycles. The maximum atomic E-state index is 15.0. The molecule has 0 fully saturated rings. The Hall–Kier alpha value is -5.81. The Morgan fingerprint density at radius 1 is 0.982 bits per heavy atom. The summed E-state index contributed by atoms with van der Waals surface area (Å²) in [5, 5.41) is 24.6. The molecule has 2 aromatic carbocycles. The number of imide groups is 1. The lowest BCUT2D eigenvalue weighted by Gasteiger charge is -2.40. The number of carboxylic acids is 1. The topological polar surface area (TPSA) is 217 Å². The number of nitrogens with one attached hydrogen (secondary N) is 2. The summed E-state index contributed by atoms with van der Waals surface area (Å²) in [7, 11) is 0. The van der Waals surface area contributed by atoms with Gasteiger partial charge in [-0.25, -0.2) is 18.6 Å². The lowest BCUT2D eigenvalue weighted by atomic mass is 9.84. The minimum absolute atomic E-state index is 0.00314. The van der Waals surface area contributed by atoms with Crippen molar-refractivity contribution in [1.29, 1.82) is 0 Å². The molecule has 0 aliphatic carbocycles. The molecule has 17 heteroatoms. The standard InChI is InChI=1S/C39H47F2N7O8/c1-39(2,3)35(36-45-30(26-19-25(40)12-13-27(26)41)21-46(36)20-24-9-5-4-6-10-24)47(34(53)23-49)18-16-28(42)37(54)43-17-8-7-11-29(38(55)56)44-31(50)22-48-32(51)14-15-33(48)52/h4-6,9-10,12-15,19,21,28-29,35,49H,7-8,11,16-18,20,22-23,42H2,1-3H3,(H,43,54)(H,44,50)(H,55,56). The van der Waals surface area contributed by atoms with Gasteiger partial charge in [-0.15, -0.1) is 0 Å². The van der Waals surface area contributed by atoms with Crippen LogP contribution in [0.5, 0.6) is 0 Å². The number of unbranched alkanes of at least 4 members (excludes halogenated alkanes) is 1. The summed E-state index contributed by atoms with van der Waals surface area (Å²) in [4.78, 5) is 80.6. The third kappa shape index (κ3) is 11.4. The van der Waals surface area contributed by atoms with Crippen LogP contribution in [0.15, 0.2) is 66.9 Å². The molecule has 0 saturated carbocycles. The molecule has 0 radical (unpaired) electrons. The SMILES string of the molecule is CC(C)(C)C(c1nc(-c2cc(F)ccc2F)cn1Cc1ccccc1)N(CCC(N)C(=O)NCCCCC(NC(=O)CN1C(=O)C=CC1=O)C(=O)O)C(=O)CO. The number of nitrogens with zero attached hydrogens (tertiary/aromatic N) is 4. The van der Waals surface area contributed by atoms with Crippen molar-refractivity contribution >= 4 is 35.5 Å². The van der Waals surface area contributed by atoms with Crippen molar-refractivity contribution in [3.8, 4) is 11.3 Å². The van der Waals surface area contributed by atoms with Gasteiger partial charge in [-0.2, -0.15) is 0 Å². The van der Waals surface area contributed by atoms with Gasteiger partial charge in [0.1, 0.15) is 36.7 Å². The van der Waals surface area contributed by atoms with Gasteiger partial charge in [0.2, 0.25) is 17.7 Å². The Bertz CT molecular complexity index is 1930. The molecular weight excluding hydrogens is 732 g/mol. The number of nitrogens with two attached hydrogens (primary N) is 1. The fourth-order valence-corrected chi connectivity index (χ4v) is 6.31. The molecule has 2 heterocycles. The molecular formula is C39H47F2N7O8. The van der Waals surface area contributed by atoms with Gasteiger partial charge in [0.05, 0.1) is 17.8 Å². The molecule has 300 valence electrons. The second-order valence-electron chi connectivity index (χ2n) is 14.5. The van der Waals surface area contributed by atoms with Crippen molar-refractivity contribution in [3.63, 3.8) is 0 Å². The minimum Gasteiger partial charge on any atom is -0.480 e. The molecule has 15 nitrogen and oxygen atoms in total. The minimum atomic E-state index is -1.31. The van der Waals surface area contributed by atoms with E-state index in [-0.39, 0.29) is 50.2 Å². The summed E-state index contributed by atoms with van der Waals surface area (Å²) in [6, 6.07) is 9.17. The van der Waals surface area contributed by atoms with E-state index in [9.17, 15) is 47.8 Å². The second kappa shape index (κ2) is 19.2. The molecule has 1 aromatic heterocycles. The molecule has 4 rings (SSSR count). The predicted octanol–water partition coefficient (Wildman–Crippen LogP) is 2.28. The van der Waals surface area contributed by atoms with Gasteiger partial charge in [0, 0.05) is 43.5 Å². The van der Waals surface area contributed by atoms with E-state index in [4.69, 9.17) is 10.7 Å². The van der Waals surface area contributed by atoms with E-state index >= 15 is 0 Å². The van der Waals surface area contributed by atoms with Gasteiger partial charge in [-0.1, -0.05) is 51.1 Å². The van der Waals surface area contributed by atoms with Crippen molar-refractivity contribution < 1.29 is 47.8 Å². The lowest BCUT2D eigenvalue weighted by molar-refractivity contribution is -0.144. The van der Waals surface area contributed by atoms with E-state index in [2.05, 4.69) is 10.6 Å². The predicted molar refractivity (Wildman–Crippen MR) is 199 cm³/mol. The number of hydrogen-bond acceptors (Lipinski definition) is 9. The van der Waals surface area contributed by atoms with Crippen molar-refractivity contribution in [3.05, 3.63) is 89.9 Å². The molecule has 0 spiro atoms. The van der Waals surface area contributed by atoms with Crippen LogP contribution in [-0.2, 0) is 35.3 Å². The normalized spacial score (nSPS) is 14.4. The number of halogens is 2. The van der Waals surface area contributed by atoms with Crippen LogP contribution in [0, 0.1) is 17.0 Å². The zero-order valence-electron chi connectivity index (χ0n) is 31.4. The number of amides is 5. The highest BCUT2D eigenvalue weighted by atomic mass is 19.1. The molecule has 56 heavy (non-hydrogen) atoms. The van der Waals surface area contributed by atoms with Crippen molar-refractivity contribution in [2.45, 2.75) is 71.1 Å². The molecule has 0 saturated heterocycles. The molecule has 0 bridgehead atoms. The van der Waals surface area contributed by atoms with Gasteiger partial charge < -0.3 is 36.0 Å². The smallest absolute Gasteiger partial charge is 0.326 e. The zero-order valence-corrected chi connectivity index (χ0v) is 31.4. The monoisotopic (exact) mass is 779 g/mol. The summed E-state index contributed by atoms with van der Waals surface area (Å²) in [6.07, 6.45) is 4.19. The van der Waals surface area contributed by atoms with Crippen LogP contribution >= 0.6 is 0 Å². The Kier molecular flexibility index (Phi) is 14.7. The maximum Gasteiger partial charge on any atom is 0.326 e. The van der Waals surface area contributed by atoms with E-state index in [0.29, 0.717) is 17.1 Å². The van der Waals surface area contributed by atoms with Gasteiger partial charge in [0.25, 0.3) is 11.8 Å². The van der Waals surface area contributed by atoms with E-state index in [0.717, 1.165) is 35.9 Å². The van der Waals surface area contributed by atoms with Gasteiger partial charge in [-0.05, 0) is 54.9 Å². The summed E-state index contributed by atoms with van der Waals surface area (Å²) < 4.78 is 31.0. The van der Waals surface area contributed by atoms with Gasteiger partial charge in [0.15, 0.2) is 0 Å². The average molecular weight is 780 g/mol. The van der Waals surface area contributed by atoms with Crippen LogP contribution in [-0.4, -0.2) is 103 Å². The van der Waals surface area contributed by atoms with Gasteiger partial charge in [-0.3, -0.25) is 28.9 Å². The Morgan fingerprint density at radius 2 is 1.66 bits per heavy atom. The zero-order chi connectivity index (χ0) is 41.2. The van der Waals surface area contributed by atoms with E-state index in [1.165, 1.54) is 4.90 Å². The first-order valence-electron chi connectivity index (χ1n) is 18.1. The number of benzene rings is 2. The number of imidazole rings is 1.